The summed E-state index contributed by atoms with van der Waals surface area (Å²) in [7, 11) is 3.00. The number of carboxylic acid groups (broad SMARTS) is 1. The largest absolute Gasteiger partial charge is 0.493 e. The van der Waals surface area contributed by atoms with Gasteiger partial charge in [0, 0.05) is 4.47 Å². The number of hydrogen-bond donors (Lipinski definition) is 1. The summed E-state index contributed by atoms with van der Waals surface area (Å²) < 4.78 is 16.6. The van der Waals surface area contributed by atoms with Gasteiger partial charge in [0.05, 0.1) is 14.2 Å². The van der Waals surface area contributed by atoms with E-state index in [-0.39, 0.29) is 11.3 Å². The quantitative estimate of drug-likeness (QED) is 0.882. The maximum atomic E-state index is 11.4. The van der Waals surface area contributed by atoms with Gasteiger partial charge in [-0.2, -0.15) is 0 Å². The number of para-hydroxylation sites is 1. The van der Waals surface area contributed by atoms with Gasteiger partial charge in [-0.05, 0) is 40.2 Å². The first kappa shape index (κ1) is 15.2. The summed E-state index contributed by atoms with van der Waals surface area (Å²) in [5, 5.41) is 9.30. The molecule has 0 atom stereocenters. The van der Waals surface area contributed by atoms with Crippen LogP contribution in [0.5, 0.6) is 23.0 Å². The molecule has 2 aromatic rings. The van der Waals surface area contributed by atoms with Crippen LogP contribution < -0.4 is 14.2 Å². The normalized spacial score (nSPS) is 10.0. The van der Waals surface area contributed by atoms with E-state index < -0.39 is 5.97 Å². The summed E-state index contributed by atoms with van der Waals surface area (Å²) in [5.74, 6) is 0.324. The molecule has 0 aliphatic carbocycles. The molecule has 2 aromatic carbocycles. The molecule has 0 unspecified atom stereocenters. The Labute approximate surface area is 130 Å². The van der Waals surface area contributed by atoms with Crippen LogP contribution in [-0.2, 0) is 0 Å². The molecule has 0 heterocycles. The van der Waals surface area contributed by atoms with Gasteiger partial charge in [-0.3, -0.25) is 0 Å². The van der Waals surface area contributed by atoms with Gasteiger partial charge in [0.25, 0.3) is 0 Å². The number of methoxy groups -OCH3 is 2. The van der Waals surface area contributed by atoms with Gasteiger partial charge in [0.2, 0.25) is 5.75 Å². The molecule has 0 bridgehead atoms. The molecule has 0 radical (unpaired) electrons. The molecule has 0 saturated carbocycles. The van der Waals surface area contributed by atoms with Crippen molar-refractivity contribution >= 4 is 21.9 Å². The van der Waals surface area contributed by atoms with E-state index in [9.17, 15) is 9.90 Å². The minimum atomic E-state index is -1.09. The van der Waals surface area contributed by atoms with Crippen LogP contribution in [0.25, 0.3) is 0 Å². The van der Waals surface area contributed by atoms with Gasteiger partial charge >= 0.3 is 5.97 Å². The van der Waals surface area contributed by atoms with Crippen molar-refractivity contribution in [1.82, 2.24) is 0 Å². The predicted octanol–water partition coefficient (Wildman–Crippen LogP) is 3.96. The molecule has 0 fully saturated rings. The van der Waals surface area contributed by atoms with E-state index in [2.05, 4.69) is 15.9 Å². The standard InChI is InChI=1S/C15H13BrO5/c1-19-11-7-4-8-12(20-2)14(11)21-10-6-3-5-9(16)13(10)15(17)18/h3-8H,1-2H3,(H,17,18). The second-order valence-corrected chi connectivity index (χ2v) is 4.87. The van der Waals surface area contributed by atoms with E-state index in [4.69, 9.17) is 14.2 Å². The fourth-order valence-corrected chi connectivity index (χ4v) is 2.34. The Morgan fingerprint density at radius 3 is 2.05 bits per heavy atom. The van der Waals surface area contributed by atoms with Crippen LogP contribution in [0.2, 0.25) is 0 Å². The lowest BCUT2D eigenvalue weighted by atomic mass is 10.2. The molecule has 110 valence electrons. The molecule has 0 aromatic heterocycles. The number of rotatable bonds is 5. The summed E-state index contributed by atoms with van der Waals surface area (Å²) in [5.41, 5.74) is 0.0328. The highest BCUT2D eigenvalue weighted by Crippen LogP contribution is 2.41. The Morgan fingerprint density at radius 2 is 1.52 bits per heavy atom. The summed E-state index contributed by atoms with van der Waals surface area (Å²) >= 11 is 3.21. The summed E-state index contributed by atoms with van der Waals surface area (Å²) in [6.45, 7) is 0. The van der Waals surface area contributed by atoms with E-state index in [0.29, 0.717) is 21.7 Å². The van der Waals surface area contributed by atoms with Crippen LogP contribution in [0, 0.1) is 0 Å². The van der Waals surface area contributed by atoms with Crippen molar-refractivity contribution in [3.05, 3.63) is 46.4 Å². The molecule has 0 saturated heterocycles. The first-order valence-electron chi connectivity index (χ1n) is 5.99. The number of hydrogen-bond acceptors (Lipinski definition) is 4. The minimum absolute atomic E-state index is 0.0328. The van der Waals surface area contributed by atoms with Gasteiger partial charge in [0.1, 0.15) is 11.3 Å². The van der Waals surface area contributed by atoms with Crippen molar-refractivity contribution in [3.63, 3.8) is 0 Å². The van der Waals surface area contributed by atoms with Gasteiger partial charge in [-0.1, -0.05) is 12.1 Å². The number of halogens is 1. The summed E-state index contributed by atoms with van der Waals surface area (Å²) in [6, 6.07) is 10.1. The maximum Gasteiger partial charge on any atom is 0.340 e. The highest BCUT2D eigenvalue weighted by atomic mass is 79.9. The second-order valence-electron chi connectivity index (χ2n) is 4.01. The average Bonchev–Trinajstić information content (AvgIpc) is 2.47. The first-order chi connectivity index (χ1) is 10.1. The molecular weight excluding hydrogens is 340 g/mol. The number of benzene rings is 2. The molecule has 0 aliphatic heterocycles. The van der Waals surface area contributed by atoms with Gasteiger partial charge in [0.15, 0.2) is 11.5 Å². The average molecular weight is 353 g/mol. The molecule has 1 N–H and O–H groups in total. The van der Waals surface area contributed by atoms with Crippen LogP contribution in [0.4, 0.5) is 0 Å². The zero-order valence-corrected chi connectivity index (χ0v) is 13.0. The Morgan fingerprint density at radius 1 is 1.00 bits per heavy atom. The Bertz CT molecular complexity index is 647. The minimum Gasteiger partial charge on any atom is -0.493 e. The zero-order chi connectivity index (χ0) is 15.4. The van der Waals surface area contributed by atoms with Crippen molar-refractivity contribution < 1.29 is 24.1 Å². The number of ether oxygens (including phenoxy) is 3. The van der Waals surface area contributed by atoms with Crippen molar-refractivity contribution in [2.24, 2.45) is 0 Å². The Balaban J connectivity index is 2.53. The summed E-state index contributed by atoms with van der Waals surface area (Å²) in [6.07, 6.45) is 0. The van der Waals surface area contributed by atoms with Crippen LogP contribution >= 0.6 is 15.9 Å². The van der Waals surface area contributed by atoms with Crippen molar-refractivity contribution in [2.45, 2.75) is 0 Å². The van der Waals surface area contributed by atoms with Gasteiger partial charge in [-0.25, -0.2) is 4.79 Å². The lowest BCUT2D eigenvalue weighted by Crippen LogP contribution is -2.02. The monoisotopic (exact) mass is 352 g/mol. The van der Waals surface area contributed by atoms with Crippen molar-refractivity contribution in [1.29, 1.82) is 0 Å². The van der Waals surface area contributed by atoms with Gasteiger partial charge < -0.3 is 19.3 Å². The predicted molar refractivity (Wildman–Crippen MR) is 80.7 cm³/mol. The lowest BCUT2D eigenvalue weighted by Gasteiger charge is -2.15. The third-order valence-electron chi connectivity index (χ3n) is 2.78. The van der Waals surface area contributed by atoms with E-state index in [1.165, 1.54) is 14.2 Å². The van der Waals surface area contributed by atoms with Gasteiger partial charge in [-0.15, -0.1) is 0 Å². The van der Waals surface area contributed by atoms with E-state index in [1.807, 2.05) is 0 Å². The third-order valence-corrected chi connectivity index (χ3v) is 3.44. The lowest BCUT2D eigenvalue weighted by molar-refractivity contribution is 0.0693. The molecule has 5 nitrogen and oxygen atoms in total. The molecule has 0 amide bonds. The fraction of sp³-hybridized carbons (Fsp3) is 0.133. The second kappa shape index (κ2) is 6.49. The van der Waals surface area contributed by atoms with E-state index in [0.717, 1.165) is 0 Å². The molecule has 2 rings (SSSR count). The Hall–Kier alpha value is -2.21. The topological polar surface area (TPSA) is 65.0 Å². The van der Waals surface area contributed by atoms with E-state index in [1.54, 1.807) is 36.4 Å². The number of carbonyl (C=O) groups is 1. The van der Waals surface area contributed by atoms with E-state index >= 15 is 0 Å². The van der Waals surface area contributed by atoms with Crippen LogP contribution in [-0.4, -0.2) is 25.3 Å². The number of aromatic carboxylic acids is 1. The van der Waals surface area contributed by atoms with Crippen molar-refractivity contribution in [2.75, 3.05) is 14.2 Å². The molecule has 0 spiro atoms. The molecule has 6 heteroatoms. The zero-order valence-electron chi connectivity index (χ0n) is 11.4. The smallest absolute Gasteiger partial charge is 0.340 e. The van der Waals surface area contributed by atoms with Crippen molar-refractivity contribution in [3.8, 4) is 23.0 Å². The first-order valence-corrected chi connectivity index (χ1v) is 6.78. The van der Waals surface area contributed by atoms with Crippen LogP contribution in [0.15, 0.2) is 40.9 Å². The summed E-state index contributed by atoms with van der Waals surface area (Å²) in [4.78, 5) is 11.4. The SMILES string of the molecule is COc1cccc(OC)c1Oc1cccc(Br)c1C(=O)O. The van der Waals surface area contributed by atoms with Crippen LogP contribution in [0.3, 0.4) is 0 Å². The highest BCUT2D eigenvalue weighted by molar-refractivity contribution is 9.10. The highest BCUT2D eigenvalue weighted by Gasteiger charge is 2.19. The maximum absolute atomic E-state index is 11.4. The number of carboxylic acids is 1. The molecular formula is C15H13BrO5. The Kier molecular flexibility index (Phi) is 4.70. The van der Waals surface area contributed by atoms with Crippen LogP contribution in [0.1, 0.15) is 10.4 Å². The fourth-order valence-electron chi connectivity index (χ4n) is 1.82. The molecule has 21 heavy (non-hydrogen) atoms. The molecule has 0 aliphatic rings. The third kappa shape index (κ3) is 3.11.